The minimum atomic E-state index is -0.906. The van der Waals surface area contributed by atoms with Crippen LogP contribution in [0.1, 0.15) is 26.7 Å². The van der Waals surface area contributed by atoms with Crippen LogP contribution in [0.5, 0.6) is 0 Å². The maximum absolute atomic E-state index is 12.6. The van der Waals surface area contributed by atoms with Gasteiger partial charge in [0, 0.05) is 11.3 Å². The lowest BCUT2D eigenvalue weighted by Crippen LogP contribution is -2.46. The van der Waals surface area contributed by atoms with Crippen molar-refractivity contribution in [2.24, 2.45) is 0 Å². The predicted molar refractivity (Wildman–Crippen MR) is 117 cm³/mol. The van der Waals surface area contributed by atoms with Crippen molar-refractivity contribution in [3.05, 3.63) is 48.5 Å². The summed E-state index contributed by atoms with van der Waals surface area (Å²) in [6.07, 6.45) is 0.971. The van der Waals surface area contributed by atoms with Gasteiger partial charge >= 0.3 is 6.03 Å². The topological polar surface area (TPSA) is 91.4 Å². The number of rotatable bonds is 6. The molecule has 1 fully saturated rings. The van der Waals surface area contributed by atoms with Crippen molar-refractivity contribution >= 4 is 45.1 Å². The molecule has 0 saturated carbocycles. The largest absolute Gasteiger partial charge is 0.325 e. The van der Waals surface area contributed by atoms with Crippen LogP contribution >= 0.6 is 11.3 Å². The standard InChI is InChI=1S/C22H22N4O3S/c1-3-22(4-2)20(28)26(21(29)25-22)13-18(27)23-15-11-9-14(10-12-15)19-24-16-7-5-6-8-17(16)30-19/h5-12H,3-4,13H2,1-2H3,(H,23,27)(H,25,29). The lowest BCUT2D eigenvalue weighted by molar-refractivity contribution is -0.134. The summed E-state index contributed by atoms with van der Waals surface area (Å²) >= 11 is 1.61. The Morgan fingerprint density at radius 1 is 1.10 bits per heavy atom. The minimum absolute atomic E-state index is 0.313. The highest BCUT2D eigenvalue weighted by atomic mass is 32.1. The van der Waals surface area contributed by atoms with Crippen LogP contribution in [-0.2, 0) is 9.59 Å². The van der Waals surface area contributed by atoms with Gasteiger partial charge in [0.2, 0.25) is 5.91 Å². The molecule has 7 nitrogen and oxygen atoms in total. The molecule has 3 aromatic rings. The molecule has 1 saturated heterocycles. The van der Waals surface area contributed by atoms with E-state index in [0.717, 1.165) is 25.7 Å². The zero-order valence-corrected chi connectivity index (χ0v) is 17.6. The van der Waals surface area contributed by atoms with Crippen LogP contribution < -0.4 is 10.6 Å². The first-order valence-corrected chi connectivity index (χ1v) is 10.7. The Morgan fingerprint density at radius 3 is 2.43 bits per heavy atom. The van der Waals surface area contributed by atoms with E-state index in [9.17, 15) is 14.4 Å². The van der Waals surface area contributed by atoms with Crippen LogP contribution in [0.15, 0.2) is 48.5 Å². The molecule has 0 spiro atoms. The molecule has 0 unspecified atom stereocenters. The maximum atomic E-state index is 12.6. The summed E-state index contributed by atoms with van der Waals surface area (Å²) in [5.41, 5.74) is 1.60. The lowest BCUT2D eigenvalue weighted by Gasteiger charge is -2.23. The first-order chi connectivity index (χ1) is 14.5. The van der Waals surface area contributed by atoms with E-state index in [0.29, 0.717) is 18.5 Å². The van der Waals surface area contributed by atoms with Gasteiger partial charge < -0.3 is 10.6 Å². The fraction of sp³-hybridized carbons (Fsp3) is 0.273. The fourth-order valence-corrected chi connectivity index (χ4v) is 4.56. The summed E-state index contributed by atoms with van der Waals surface area (Å²) in [4.78, 5) is 42.8. The summed E-state index contributed by atoms with van der Waals surface area (Å²) in [5, 5.41) is 6.38. The summed E-state index contributed by atoms with van der Waals surface area (Å²) in [6.45, 7) is 3.38. The van der Waals surface area contributed by atoms with E-state index in [1.807, 2.05) is 50.2 Å². The zero-order valence-electron chi connectivity index (χ0n) is 16.8. The van der Waals surface area contributed by atoms with E-state index in [4.69, 9.17) is 0 Å². The monoisotopic (exact) mass is 422 g/mol. The number of fused-ring (bicyclic) bond motifs is 1. The highest BCUT2D eigenvalue weighted by Gasteiger charge is 2.49. The highest BCUT2D eigenvalue weighted by molar-refractivity contribution is 7.21. The molecule has 0 radical (unpaired) electrons. The van der Waals surface area contributed by atoms with Gasteiger partial charge in [-0.1, -0.05) is 26.0 Å². The molecule has 1 aliphatic rings. The molecular weight excluding hydrogens is 400 g/mol. The van der Waals surface area contributed by atoms with Crippen LogP contribution in [0.4, 0.5) is 10.5 Å². The van der Waals surface area contributed by atoms with Crippen molar-refractivity contribution in [1.29, 1.82) is 0 Å². The van der Waals surface area contributed by atoms with Gasteiger partial charge in [0.05, 0.1) is 10.2 Å². The van der Waals surface area contributed by atoms with Crippen molar-refractivity contribution in [2.75, 3.05) is 11.9 Å². The maximum Gasteiger partial charge on any atom is 0.325 e. The van der Waals surface area contributed by atoms with Crippen LogP contribution in [-0.4, -0.2) is 39.8 Å². The lowest BCUT2D eigenvalue weighted by atomic mass is 9.93. The Morgan fingerprint density at radius 2 is 1.80 bits per heavy atom. The van der Waals surface area contributed by atoms with Gasteiger partial charge in [-0.3, -0.25) is 14.5 Å². The SMILES string of the molecule is CCC1(CC)NC(=O)N(CC(=O)Nc2ccc(-c3nc4ccccc4s3)cc2)C1=O. The van der Waals surface area contributed by atoms with Crippen molar-refractivity contribution < 1.29 is 14.4 Å². The van der Waals surface area contributed by atoms with Crippen molar-refractivity contribution in [2.45, 2.75) is 32.2 Å². The molecular formula is C22H22N4O3S. The van der Waals surface area contributed by atoms with Crippen LogP contribution in [0, 0.1) is 0 Å². The smallest absolute Gasteiger partial charge is 0.325 e. The Labute approximate surface area is 178 Å². The number of thiazole rings is 1. The molecule has 4 amide bonds. The first-order valence-electron chi connectivity index (χ1n) is 9.85. The Hall–Kier alpha value is -3.26. The molecule has 4 rings (SSSR count). The molecule has 30 heavy (non-hydrogen) atoms. The second-order valence-electron chi connectivity index (χ2n) is 7.22. The number of imide groups is 1. The van der Waals surface area contributed by atoms with Gasteiger partial charge in [-0.15, -0.1) is 11.3 Å². The average Bonchev–Trinajstić information content (AvgIpc) is 3.29. The van der Waals surface area contributed by atoms with Gasteiger partial charge in [-0.05, 0) is 49.2 Å². The number of urea groups is 1. The van der Waals surface area contributed by atoms with Crippen LogP contribution in [0.25, 0.3) is 20.8 Å². The van der Waals surface area contributed by atoms with Crippen LogP contribution in [0.2, 0.25) is 0 Å². The van der Waals surface area contributed by atoms with Gasteiger partial charge in [0.25, 0.3) is 5.91 Å². The third-order valence-corrected chi connectivity index (χ3v) is 6.55. The normalized spacial score (nSPS) is 15.5. The minimum Gasteiger partial charge on any atom is -0.325 e. The predicted octanol–water partition coefficient (Wildman–Crippen LogP) is 4.01. The molecule has 1 aliphatic heterocycles. The molecule has 2 aromatic carbocycles. The van der Waals surface area contributed by atoms with E-state index in [2.05, 4.69) is 15.6 Å². The summed E-state index contributed by atoms with van der Waals surface area (Å²) in [7, 11) is 0. The number of hydrogen-bond acceptors (Lipinski definition) is 5. The Bertz CT molecular complexity index is 1090. The molecule has 8 heteroatoms. The van der Waals surface area contributed by atoms with E-state index in [1.165, 1.54) is 0 Å². The number of carbonyl (C=O) groups excluding carboxylic acids is 3. The number of hydrogen-bond donors (Lipinski definition) is 2. The van der Waals surface area contributed by atoms with E-state index >= 15 is 0 Å². The Balaban J connectivity index is 1.43. The summed E-state index contributed by atoms with van der Waals surface area (Å²) < 4.78 is 1.12. The molecule has 1 aromatic heterocycles. The second kappa shape index (κ2) is 7.87. The quantitative estimate of drug-likeness (QED) is 0.587. The number of amides is 4. The number of aromatic nitrogens is 1. The van der Waals surface area contributed by atoms with Crippen LogP contribution in [0.3, 0.4) is 0 Å². The van der Waals surface area contributed by atoms with E-state index in [1.54, 1.807) is 23.5 Å². The molecule has 0 aliphatic carbocycles. The average molecular weight is 423 g/mol. The van der Waals surface area contributed by atoms with Crippen molar-refractivity contribution in [3.8, 4) is 10.6 Å². The van der Waals surface area contributed by atoms with Gasteiger partial charge in [-0.2, -0.15) is 0 Å². The number of anilines is 1. The van der Waals surface area contributed by atoms with Gasteiger partial charge in [-0.25, -0.2) is 9.78 Å². The Kier molecular flexibility index (Phi) is 5.26. The van der Waals surface area contributed by atoms with E-state index in [-0.39, 0.29) is 12.5 Å². The van der Waals surface area contributed by atoms with E-state index < -0.39 is 17.5 Å². The number of benzene rings is 2. The number of nitrogens with zero attached hydrogens (tertiary/aromatic N) is 2. The van der Waals surface area contributed by atoms with Crippen molar-refractivity contribution in [3.63, 3.8) is 0 Å². The molecule has 0 bridgehead atoms. The first kappa shape index (κ1) is 20.0. The van der Waals surface area contributed by atoms with Crippen molar-refractivity contribution in [1.82, 2.24) is 15.2 Å². The number of carbonyl (C=O) groups is 3. The molecule has 0 atom stereocenters. The number of nitrogens with one attached hydrogen (secondary N) is 2. The highest BCUT2D eigenvalue weighted by Crippen LogP contribution is 2.30. The number of para-hydroxylation sites is 1. The third kappa shape index (κ3) is 3.54. The summed E-state index contributed by atoms with van der Waals surface area (Å²) in [6, 6.07) is 14.8. The van der Waals surface area contributed by atoms with Gasteiger partial charge in [0.15, 0.2) is 0 Å². The molecule has 154 valence electrons. The second-order valence-corrected chi connectivity index (χ2v) is 8.25. The fourth-order valence-electron chi connectivity index (χ4n) is 3.58. The molecule has 2 N–H and O–H groups in total. The summed E-state index contributed by atoms with van der Waals surface area (Å²) in [5.74, 6) is -0.770. The third-order valence-electron chi connectivity index (χ3n) is 5.46. The zero-order chi connectivity index (χ0) is 21.3. The molecule has 2 heterocycles. The van der Waals surface area contributed by atoms with Gasteiger partial charge in [0.1, 0.15) is 17.1 Å².